The standard InChI is InChI=1S/C12H21N3O4S/c1-9-12(11(7-16)14-13-9)20(17,18)15(2)6-10-4-3-5-19-8-10/h10,16H,3-8H2,1-2H3,(H,13,14). The van der Waals surface area contributed by atoms with Crippen molar-refractivity contribution in [1.82, 2.24) is 14.5 Å². The number of rotatable bonds is 5. The van der Waals surface area contributed by atoms with Gasteiger partial charge in [0.2, 0.25) is 10.0 Å². The number of aromatic amines is 1. The van der Waals surface area contributed by atoms with Gasteiger partial charge in [-0.3, -0.25) is 5.10 Å². The van der Waals surface area contributed by atoms with Crippen LogP contribution in [0.3, 0.4) is 0 Å². The number of hydrogen-bond acceptors (Lipinski definition) is 5. The number of aryl methyl sites for hydroxylation is 1. The molecule has 1 aromatic rings. The third-order valence-corrected chi connectivity index (χ3v) is 5.58. The number of aliphatic hydroxyl groups is 1. The summed E-state index contributed by atoms with van der Waals surface area (Å²) in [5.41, 5.74) is 0.607. The van der Waals surface area contributed by atoms with Crippen molar-refractivity contribution in [2.24, 2.45) is 5.92 Å². The van der Waals surface area contributed by atoms with E-state index in [1.54, 1.807) is 14.0 Å². The molecule has 7 nitrogen and oxygen atoms in total. The van der Waals surface area contributed by atoms with Crippen molar-refractivity contribution in [2.75, 3.05) is 26.8 Å². The second kappa shape index (κ2) is 6.21. The average molecular weight is 303 g/mol. The smallest absolute Gasteiger partial charge is 0.246 e. The number of nitrogens with one attached hydrogen (secondary N) is 1. The normalized spacial score (nSPS) is 20.5. The minimum atomic E-state index is -3.64. The summed E-state index contributed by atoms with van der Waals surface area (Å²) in [4.78, 5) is 0.0826. The van der Waals surface area contributed by atoms with Crippen molar-refractivity contribution in [3.05, 3.63) is 11.4 Å². The summed E-state index contributed by atoms with van der Waals surface area (Å²) < 4.78 is 31.9. The second-order valence-electron chi connectivity index (χ2n) is 5.15. The first-order chi connectivity index (χ1) is 9.46. The SMILES string of the molecule is Cc1[nH]nc(CO)c1S(=O)(=O)N(C)CC1CCCOC1. The predicted octanol–water partition coefficient (Wildman–Crippen LogP) is 0.258. The van der Waals surface area contributed by atoms with Crippen molar-refractivity contribution >= 4 is 10.0 Å². The molecular formula is C12H21N3O4S. The van der Waals surface area contributed by atoms with Gasteiger partial charge in [0.15, 0.2) is 0 Å². The molecule has 0 amide bonds. The largest absolute Gasteiger partial charge is 0.390 e. The van der Waals surface area contributed by atoms with Gasteiger partial charge in [0.1, 0.15) is 10.6 Å². The summed E-state index contributed by atoms with van der Waals surface area (Å²) in [6, 6.07) is 0. The summed E-state index contributed by atoms with van der Waals surface area (Å²) in [7, 11) is -2.09. The average Bonchev–Trinajstić information content (AvgIpc) is 2.81. The Bertz CT molecular complexity index is 549. The van der Waals surface area contributed by atoms with Crippen LogP contribution in [0.2, 0.25) is 0 Å². The number of hydrogen-bond donors (Lipinski definition) is 2. The molecular weight excluding hydrogens is 282 g/mol. The maximum atomic E-state index is 12.6. The number of sulfonamides is 1. The topological polar surface area (TPSA) is 95.5 Å². The first-order valence-electron chi connectivity index (χ1n) is 6.65. The summed E-state index contributed by atoms with van der Waals surface area (Å²) in [5.74, 6) is 0.216. The molecule has 2 N–H and O–H groups in total. The molecule has 8 heteroatoms. The van der Waals surface area contributed by atoms with Gasteiger partial charge in [-0.2, -0.15) is 5.10 Å². The van der Waals surface area contributed by atoms with Gasteiger partial charge in [-0.1, -0.05) is 0 Å². The highest BCUT2D eigenvalue weighted by molar-refractivity contribution is 7.89. The first-order valence-corrected chi connectivity index (χ1v) is 8.09. The molecule has 0 radical (unpaired) electrons. The number of aliphatic hydroxyl groups excluding tert-OH is 1. The van der Waals surface area contributed by atoms with E-state index in [4.69, 9.17) is 4.74 Å². The maximum absolute atomic E-state index is 12.6. The Morgan fingerprint density at radius 2 is 2.30 bits per heavy atom. The van der Waals surface area contributed by atoms with E-state index in [0.717, 1.165) is 19.4 Å². The van der Waals surface area contributed by atoms with Crippen LogP contribution in [0.4, 0.5) is 0 Å². The van der Waals surface area contributed by atoms with Crippen LogP contribution in [0.5, 0.6) is 0 Å². The fraction of sp³-hybridized carbons (Fsp3) is 0.750. The van der Waals surface area contributed by atoms with Crippen LogP contribution in [0, 0.1) is 12.8 Å². The summed E-state index contributed by atoms with van der Waals surface area (Å²) in [6.07, 6.45) is 1.93. The summed E-state index contributed by atoms with van der Waals surface area (Å²) >= 11 is 0. The molecule has 1 fully saturated rings. The Labute approximate surface area is 119 Å². The Morgan fingerprint density at radius 1 is 1.55 bits per heavy atom. The lowest BCUT2D eigenvalue weighted by Gasteiger charge is -2.26. The molecule has 0 spiro atoms. The quantitative estimate of drug-likeness (QED) is 0.813. The van der Waals surface area contributed by atoms with Crippen molar-refractivity contribution in [1.29, 1.82) is 0 Å². The van der Waals surface area contributed by atoms with Gasteiger partial charge in [0.05, 0.1) is 18.9 Å². The van der Waals surface area contributed by atoms with Crippen LogP contribution in [0.1, 0.15) is 24.2 Å². The van der Waals surface area contributed by atoms with Crippen LogP contribution in [0.15, 0.2) is 4.90 Å². The molecule has 0 aromatic carbocycles. The lowest BCUT2D eigenvalue weighted by atomic mass is 10.0. The lowest BCUT2D eigenvalue weighted by molar-refractivity contribution is 0.0495. The van der Waals surface area contributed by atoms with E-state index < -0.39 is 16.6 Å². The van der Waals surface area contributed by atoms with Crippen molar-refractivity contribution in [3.8, 4) is 0 Å². The zero-order chi connectivity index (χ0) is 14.8. The highest BCUT2D eigenvalue weighted by Crippen LogP contribution is 2.23. The van der Waals surface area contributed by atoms with Crippen LogP contribution >= 0.6 is 0 Å². The Kier molecular flexibility index (Phi) is 4.79. The van der Waals surface area contributed by atoms with Crippen molar-refractivity contribution in [2.45, 2.75) is 31.3 Å². The molecule has 1 atom stereocenters. The van der Waals surface area contributed by atoms with E-state index in [9.17, 15) is 13.5 Å². The molecule has 1 aromatic heterocycles. The van der Waals surface area contributed by atoms with E-state index in [1.807, 2.05) is 0 Å². The number of ether oxygens (including phenoxy) is 1. The minimum absolute atomic E-state index is 0.0826. The summed E-state index contributed by atoms with van der Waals surface area (Å²) in [5, 5.41) is 15.6. The van der Waals surface area contributed by atoms with Crippen LogP contribution in [-0.4, -0.2) is 54.8 Å². The van der Waals surface area contributed by atoms with Gasteiger partial charge >= 0.3 is 0 Å². The molecule has 2 rings (SSSR count). The zero-order valence-corrected chi connectivity index (χ0v) is 12.6. The molecule has 20 heavy (non-hydrogen) atoms. The van der Waals surface area contributed by atoms with E-state index in [1.165, 1.54) is 4.31 Å². The first kappa shape index (κ1) is 15.4. The molecule has 1 unspecified atom stereocenters. The molecule has 114 valence electrons. The fourth-order valence-corrected chi connectivity index (χ4v) is 4.05. The summed E-state index contributed by atoms with van der Waals surface area (Å²) in [6.45, 7) is 2.99. The number of H-pyrrole nitrogens is 1. The Morgan fingerprint density at radius 3 is 2.90 bits per heavy atom. The van der Waals surface area contributed by atoms with Gasteiger partial charge in [-0.15, -0.1) is 0 Å². The van der Waals surface area contributed by atoms with E-state index in [0.29, 0.717) is 18.8 Å². The van der Waals surface area contributed by atoms with Crippen LogP contribution < -0.4 is 0 Å². The number of nitrogens with zero attached hydrogens (tertiary/aromatic N) is 2. The fourth-order valence-electron chi connectivity index (χ4n) is 2.49. The Balaban J connectivity index is 2.18. The van der Waals surface area contributed by atoms with E-state index in [-0.39, 0.29) is 16.5 Å². The van der Waals surface area contributed by atoms with Gasteiger partial charge in [0.25, 0.3) is 0 Å². The molecule has 1 aliphatic rings. The maximum Gasteiger partial charge on any atom is 0.246 e. The van der Waals surface area contributed by atoms with Gasteiger partial charge in [-0.25, -0.2) is 12.7 Å². The van der Waals surface area contributed by atoms with Gasteiger partial charge in [0, 0.05) is 20.2 Å². The Hall–Kier alpha value is -0.960. The lowest BCUT2D eigenvalue weighted by Crippen LogP contribution is -2.35. The van der Waals surface area contributed by atoms with Crippen LogP contribution in [0.25, 0.3) is 0 Å². The van der Waals surface area contributed by atoms with E-state index in [2.05, 4.69) is 10.2 Å². The number of aromatic nitrogens is 2. The molecule has 0 saturated carbocycles. The predicted molar refractivity (Wildman–Crippen MR) is 72.6 cm³/mol. The monoisotopic (exact) mass is 303 g/mol. The second-order valence-corrected chi connectivity index (χ2v) is 7.13. The van der Waals surface area contributed by atoms with Crippen LogP contribution in [-0.2, 0) is 21.4 Å². The minimum Gasteiger partial charge on any atom is -0.390 e. The highest BCUT2D eigenvalue weighted by Gasteiger charge is 2.30. The molecule has 0 bridgehead atoms. The van der Waals surface area contributed by atoms with Crippen molar-refractivity contribution in [3.63, 3.8) is 0 Å². The van der Waals surface area contributed by atoms with Gasteiger partial charge in [-0.05, 0) is 25.7 Å². The molecule has 0 aliphatic carbocycles. The molecule has 2 heterocycles. The van der Waals surface area contributed by atoms with E-state index >= 15 is 0 Å². The zero-order valence-electron chi connectivity index (χ0n) is 11.8. The highest BCUT2D eigenvalue weighted by atomic mass is 32.2. The van der Waals surface area contributed by atoms with Gasteiger partial charge < -0.3 is 9.84 Å². The molecule has 1 aliphatic heterocycles. The van der Waals surface area contributed by atoms with Crippen molar-refractivity contribution < 1.29 is 18.3 Å². The third-order valence-electron chi connectivity index (χ3n) is 3.55. The molecule has 1 saturated heterocycles. The third kappa shape index (κ3) is 3.03.